The number of rotatable bonds is 6. The number of hydrogen-bond acceptors (Lipinski definition) is 5. The second kappa shape index (κ2) is 6.83. The quantitative estimate of drug-likeness (QED) is 0.836. The molecule has 6 heteroatoms. The van der Waals surface area contributed by atoms with Gasteiger partial charge in [0.1, 0.15) is 0 Å². The predicted molar refractivity (Wildman–Crippen MR) is 75.0 cm³/mol. The van der Waals surface area contributed by atoms with Crippen molar-refractivity contribution in [2.24, 2.45) is 5.73 Å². The van der Waals surface area contributed by atoms with E-state index in [1.54, 1.807) is 25.4 Å². The van der Waals surface area contributed by atoms with Crippen molar-refractivity contribution in [1.82, 2.24) is 4.98 Å². The van der Waals surface area contributed by atoms with Gasteiger partial charge >= 0.3 is 0 Å². The number of nitrogens with two attached hydrogens (primary N) is 1. The number of anilines is 1. The fourth-order valence-electron chi connectivity index (χ4n) is 1.72. The Morgan fingerprint density at radius 3 is 3.10 bits per heavy atom. The third-order valence-electron chi connectivity index (χ3n) is 2.82. The molecular formula is C14H17N3O3. The molecule has 0 aliphatic rings. The molecule has 2 aromatic rings. The maximum absolute atomic E-state index is 11.9. The maximum Gasteiger partial charge on any atom is 0.241 e. The molecule has 0 radical (unpaired) electrons. The summed E-state index contributed by atoms with van der Waals surface area (Å²) in [4.78, 5) is 15.8. The molecule has 1 heterocycles. The standard InChI is InChI=1S/C14H17N3O3/c1-19-6-5-12(15)14(18)17-11-4-2-3-10(7-11)13-8-16-9-20-13/h2-4,7-9,12H,5-6,15H2,1H3,(H,17,18). The fourth-order valence-corrected chi connectivity index (χ4v) is 1.72. The molecule has 0 aliphatic heterocycles. The number of carbonyl (C=O) groups is 1. The Morgan fingerprint density at radius 1 is 1.55 bits per heavy atom. The first kappa shape index (κ1) is 14.2. The van der Waals surface area contributed by atoms with Crippen LogP contribution >= 0.6 is 0 Å². The second-order valence-corrected chi connectivity index (χ2v) is 4.32. The van der Waals surface area contributed by atoms with Crippen molar-refractivity contribution in [2.75, 3.05) is 19.0 Å². The summed E-state index contributed by atoms with van der Waals surface area (Å²) in [5.74, 6) is 0.404. The monoisotopic (exact) mass is 275 g/mol. The molecule has 1 amide bonds. The molecule has 3 N–H and O–H groups in total. The van der Waals surface area contributed by atoms with E-state index in [-0.39, 0.29) is 5.91 Å². The minimum absolute atomic E-state index is 0.239. The molecule has 1 aromatic carbocycles. The van der Waals surface area contributed by atoms with Crippen molar-refractivity contribution in [2.45, 2.75) is 12.5 Å². The minimum Gasteiger partial charge on any atom is -0.444 e. The molecule has 106 valence electrons. The smallest absolute Gasteiger partial charge is 0.241 e. The summed E-state index contributed by atoms with van der Waals surface area (Å²) in [7, 11) is 1.57. The number of oxazole rings is 1. The number of ether oxygens (including phenoxy) is 1. The highest BCUT2D eigenvalue weighted by atomic mass is 16.5. The van der Waals surface area contributed by atoms with Gasteiger partial charge in [0.05, 0.1) is 12.2 Å². The Labute approximate surface area is 116 Å². The predicted octanol–water partition coefficient (Wildman–Crippen LogP) is 1.64. The van der Waals surface area contributed by atoms with Gasteiger partial charge in [0.25, 0.3) is 0 Å². The lowest BCUT2D eigenvalue weighted by Gasteiger charge is -2.12. The summed E-state index contributed by atoms with van der Waals surface area (Å²) >= 11 is 0. The summed E-state index contributed by atoms with van der Waals surface area (Å²) in [6.07, 6.45) is 3.45. The Morgan fingerprint density at radius 2 is 2.40 bits per heavy atom. The molecule has 0 aliphatic carbocycles. The summed E-state index contributed by atoms with van der Waals surface area (Å²) in [5.41, 5.74) is 7.27. The first-order chi connectivity index (χ1) is 9.70. The lowest BCUT2D eigenvalue weighted by Crippen LogP contribution is -2.36. The number of nitrogens with one attached hydrogen (secondary N) is 1. The van der Waals surface area contributed by atoms with Crippen LogP contribution in [0, 0.1) is 0 Å². The van der Waals surface area contributed by atoms with E-state index in [4.69, 9.17) is 14.9 Å². The van der Waals surface area contributed by atoms with E-state index in [2.05, 4.69) is 10.3 Å². The highest BCUT2D eigenvalue weighted by Gasteiger charge is 2.13. The lowest BCUT2D eigenvalue weighted by molar-refractivity contribution is -0.117. The van der Waals surface area contributed by atoms with Crippen LogP contribution in [-0.2, 0) is 9.53 Å². The Balaban J connectivity index is 2.03. The highest BCUT2D eigenvalue weighted by Crippen LogP contribution is 2.22. The molecule has 1 aromatic heterocycles. The van der Waals surface area contributed by atoms with E-state index < -0.39 is 6.04 Å². The molecule has 0 spiro atoms. The molecular weight excluding hydrogens is 258 g/mol. The SMILES string of the molecule is COCCC(N)C(=O)Nc1cccc(-c2cnco2)c1. The molecule has 0 saturated carbocycles. The Hall–Kier alpha value is -2.18. The highest BCUT2D eigenvalue weighted by molar-refractivity contribution is 5.95. The summed E-state index contributed by atoms with van der Waals surface area (Å²) in [6, 6.07) is 6.71. The van der Waals surface area contributed by atoms with E-state index in [9.17, 15) is 4.79 Å². The van der Waals surface area contributed by atoms with E-state index in [1.807, 2.05) is 12.1 Å². The zero-order chi connectivity index (χ0) is 14.4. The van der Waals surface area contributed by atoms with Crippen LogP contribution in [0.1, 0.15) is 6.42 Å². The molecule has 2 rings (SSSR count). The molecule has 20 heavy (non-hydrogen) atoms. The molecule has 0 fully saturated rings. The molecule has 0 saturated heterocycles. The van der Waals surface area contributed by atoms with Crippen LogP contribution in [-0.4, -0.2) is 30.6 Å². The zero-order valence-corrected chi connectivity index (χ0v) is 11.2. The van der Waals surface area contributed by atoms with Gasteiger partial charge in [0.2, 0.25) is 5.91 Å². The first-order valence-corrected chi connectivity index (χ1v) is 6.25. The zero-order valence-electron chi connectivity index (χ0n) is 11.2. The van der Waals surface area contributed by atoms with Crippen LogP contribution in [0.25, 0.3) is 11.3 Å². The van der Waals surface area contributed by atoms with Gasteiger partial charge < -0.3 is 20.2 Å². The Bertz CT molecular complexity index is 555. The van der Waals surface area contributed by atoms with Crippen LogP contribution in [0.2, 0.25) is 0 Å². The van der Waals surface area contributed by atoms with E-state index in [0.29, 0.717) is 24.5 Å². The third kappa shape index (κ3) is 3.66. The van der Waals surface area contributed by atoms with Crippen molar-refractivity contribution in [3.63, 3.8) is 0 Å². The van der Waals surface area contributed by atoms with Crippen molar-refractivity contribution in [3.05, 3.63) is 36.9 Å². The van der Waals surface area contributed by atoms with Crippen LogP contribution in [0.15, 0.2) is 41.3 Å². The Kier molecular flexibility index (Phi) is 4.86. The van der Waals surface area contributed by atoms with E-state index in [0.717, 1.165) is 5.56 Å². The van der Waals surface area contributed by atoms with Crippen LogP contribution in [0.4, 0.5) is 5.69 Å². The van der Waals surface area contributed by atoms with Gasteiger partial charge in [-0.2, -0.15) is 0 Å². The van der Waals surface area contributed by atoms with Gasteiger partial charge in [-0.1, -0.05) is 12.1 Å². The number of benzene rings is 1. The van der Waals surface area contributed by atoms with Crippen molar-refractivity contribution in [3.8, 4) is 11.3 Å². The second-order valence-electron chi connectivity index (χ2n) is 4.32. The largest absolute Gasteiger partial charge is 0.444 e. The topological polar surface area (TPSA) is 90.4 Å². The summed E-state index contributed by atoms with van der Waals surface area (Å²) in [5, 5.41) is 2.77. The number of nitrogens with zero attached hydrogens (tertiary/aromatic N) is 1. The number of hydrogen-bond donors (Lipinski definition) is 2. The van der Waals surface area contributed by atoms with Crippen molar-refractivity contribution >= 4 is 11.6 Å². The van der Waals surface area contributed by atoms with E-state index in [1.165, 1.54) is 6.39 Å². The van der Waals surface area contributed by atoms with Crippen molar-refractivity contribution in [1.29, 1.82) is 0 Å². The maximum atomic E-state index is 11.9. The summed E-state index contributed by atoms with van der Waals surface area (Å²) in [6.45, 7) is 0.451. The number of carbonyl (C=O) groups excluding carboxylic acids is 1. The number of aromatic nitrogens is 1. The van der Waals surface area contributed by atoms with Gasteiger partial charge in [-0.25, -0.2) is 4.98 Å². The van der Waals surface area contributed by atoms with Gasteiger partial charge in [0.15, 0.2) is 12.2 Å². The third-order valence-corrected chi connectivity index (χ3v) is 2.82. The van der Waals surface area contributed by atoms with Gasteiger partial charge in [-0.05, 0) is 18.6 Å². The van der Waals surface area contributed by atoms with E-state index >= 15 is 0 Å². The van der Waals surface area contributed by atoms with Crippen molar-refractivity contribution < 1.29 is 13.9 Å². The van der Waals surface area contributed by atoms with Crippen LogP contribution in [0.5, 0.6) is 0 Å². The fraction of sp³-hybridized carbons (Fsp3) is 0.286. The average Bonchev–Trinajstić information content (AvgIpc) is 2.99. The van der Waals surface area contributed by atoms with Gasteiger partial charge in [0, 0.05) is 25.0 Å². The summed E-state index contributed by atoms with van der Waals surface area (Å²) < 4.78 is 10.1. The van der Waals surface area contributed by atoms with Gasteiger partial charge in [-0.3, -0.25) is 4.79 Å². The molecule has 1 unspecified atom stereocenters. The molecule has 1 atom stereocenters. The van der Waals surface area contributed by atoms with Gasteiger partial charge in [-0.15, -0.1) is 0 Å². The lowest BCUT2D eigenvalue weighted by atomic mass is 10.1. The van der Waals surface area contributed by atoms with Crippen LogP contribution in [0.3, 0.4) is 0 Å². The molecule has 0 bridgehead atoms. The average molecular weight is 275 g/mol. The normalized spacial score (nSPS) is 12.1. The number of methoxy groups -OCH3 is 1. The van der Waals surface area contributed by atoms with Crippen LogP contribution < -0.4 is 11.1 Å². The number of amides is 1. The molecule has 6 nitrogen and oxygen atoms in total. The first-order valence-electron chi connectivity index (χ1n) is 6.25. The minimum atomic E-state index is -0.594.